The van der Waals surface area contributed by atoms with Crippen molar-refractivity contribution in [3.8, 4) is 11.6 Å². The number of aromatic nitrogens is 3. The number of nitrogens with zero attached hydrogens (tertiary/aromatic N) is 3. The van der Waals surface area contributed by atoms with E-state index in [0.29, 0.717) is 25.0 Å². The lowest BCUT2D eigenvalue weighted by Crippen LogP contribution is -2.07. The molecular weight excluding hydrogens is 278 g/mol. The Kier molecular flexibility index (Phi) is 4.24. The number of ether oxygens (including phenoxy) is 1. The van der Waals surface area contributed by atoms with Crippen molar-refractivity contribution in [1.82, 2.24) is 14.8 Å². The van der Waals surface area contributed by atoms with Gasteiger partial charge in [-0.25, -0.2) is 0 Å². The molecule has 0 fully saturated rings. The molecule has 0 spiro atoms. The zero-order valence-electron chi connectivity index (χ0n) is 13.2. The highest BCUT2D eigenvalue weighted by atomic mass is 16.5. The van der Waals surface area contributed by atoms with Gasteiger partial charge in [0.1, 0.15) is 5.69 Å². The van der Waals surface area contributed by atoms with Crippen LogP contribution in [0.5, 0.6) is 0 Å². The lowest BCUT2D eigenvalue weighted by Gasteiger charge is -2.08. The average molecular weight is 299 g/mol. The van der Waals surface area contributed by atoms with E-state index in [0.717, 1.165) is 17.8 Å². The van der Waals surface area contributed by atoms with Crippen LogP contribution in [0, 0.1) is 0 Å². The van der Waals surface area contributed by atoms with Gasteiger partial charge in [0, 0.05) is 30.0 Å². The van der Waals surface area contributed by atoms with Crippen LogP contribution < -0.4 is 0 Å². The third-order valence-electron chi connectivity index (χ3n) is 3.63. The highest BCUT2D eigenvalue weighted by Crippen LogP contribution is 2.28. The Morgan fingerprint density at radius 1 is 1.23 bits per heavy atom. The van der Waals surface area contributed by atoms with Crippen LogP contribution >= 0.6 is 0 Å². The smallest absolute Gasteiger partial charge is 0.264 e. The Morgan fingerprint density at radius 3 is 2.77 bits per heavy atom. The Morgan fingerprint density at radius 2 is 2.05 bits per heavy atom. The molecule has 0 N–H and O–H groups in total. The van der Waals surface area contributed by atoms with Gasteiger partial charge in [0.05, 0.1) is 6.61 Å². The molecule has 0 unspecified atom stereocenters. The van der Waals surface area contributed by atoms with Gasteiger partial charge < -0.3 is 13.7 Å². The van der Waals surface area contributed by atoms with E-state index in [9.17, 15) is 0 Å². The normalized spacial score (nSPS) is 11.6. The van der Waals surface area contributed by atoms with Gasteiger partial charge in [-0.1, -0.05) is 32.0 Å². The molecule has 0 saturated heterocycles. The Bertz CT molecular complexity index is 758. The Balaban J connectivity index is 2.04. The van der Waals surface area contributed by atoms with Crippen molar-refractivity contribution in [3.63, 3.8) is 0 Å². The third-order valence-corrected chi connectivity index (χ3v) is 3.63. The summed E-state index contributed by atoms with van der Waals surface area (Å²) in [5, 5.41) is 9.52. The van der Waals surface area contributed by atoms with Crippen molar-refractivity contribution in [2.45, 2.75) is 33.2 Å². The van der Waals surface area contributed by atoms with Gasteiger partial charge in [-0.05, 0) is 19.1 Å². The van der Waals surface area contributed by atoms with Crippen LogP contribution in [0.25, 0.3) is 22.5 Å². The summed E-state index contributed by atoms with van der Waals surface area (Å²) in [5.41, 5.74) is 2.10. The number of hydrogen-bond donors (Lipinski definition) is 0. The largest absolute Gasteiger partial charge is 0.419 e. The van der Waals surface area contributed by atoms with Crippen LogP contribution in [0.4, 0.5) is 0 Å². The molecule has 0 bridgehead atoms. The fourth-order valence-corrected chi connectivity index (χ4v) is 2.50. The number of benzene rings is 1. The van der Waals surface area contributed by atoms with E-state index in [1.165, 1.54) is 5.39 Å². The minimum atomic E-state index is 0.225. The summed E-state index contributed by atoms with van der Waals surface area (Å²) >= 11 is 0. The van der Waals surface area contributed by atoms with E-state index in [1.54, 1.807) is 0 Å². The third kappa shape index (κ3) is 2.76. The zero-order chi connectivity index (χ0) is 15.5. The monoisotopic (exact) mass is 299 g/mol. The van der Waals surface area contributed by atoms with E-state index in [2.05, 4.69) is 33.0 Å². The zero-order valence-corrected chi connectivity index (χ0v) is 13.2. The van der Waals surface area contributed by atoms with Gasteiger partial charge >= 0.3 is 0 Å². The first-order valence-corrected chi connectivity index (χ1v) is 7.70. The molecule has 0 saturated carbocycles. The molecule has 2 aromatic heterocycles. The van der Waals surface area contributed by atoms with E-state index in [1.807, 2.05) is 32.9 Å². The molecule has 0 aliphatic heterocycles. The first-order chi connectivity index (χ1) is 10.7. The summed E-state index contributed by atoms with van der Waals surface area (Å²) in [6.07, 6.45) is 0. The van der Waals surface area contributed by atoms with Crippen LogP contribution in [-0.2, 0) is 11.3 Å². The number of fused-ring (bicyclic) bond motifs is 1. The minimum Gasteiger partial charge on any atom is -0.419 e. The predicted molar refractivity (Wildman–Crippen MR) is 85.8 cm³/mol. The highest BCUT2D eigenvalue weighted by Gasteiger charge is 2.17. The molecule has 0 aliphatic carbocycles. The van der Waals surface area contributed by atoms with Gasteiger partial charge in [0.25, 0.3) is 5.89 Å². The minimum absolute atomic E-state index is 0.225. The van der Waals surface area contributed by atoms with Gasteiger partial charge in [-0.2, -0.15) is 0 Å². The summed E-state index contributed by atoms with van der Waals surface area (Å²) in [6, 6.07) is 10.4. The van der Waals surface area contributed by atoms with E-state index in [4.69, 9.17) is 9.15 Å². The van der Waals surface area contributed by atoms with Crippen LogP contribution in [-0.4, -0.2) is 28.0 Å². The first-order valence-electron chi connectivity index (χ1n) is 7.70. The second-order valence-electron chi connectivity index (χ2n) is 5.54. The fourth-order valence-electron chi connectivity index (χ4n) is 2.50. The first kappa shape index (κ1) is 14.8. The molecule has 1 aromatic carbocycles. The number of para-hydroxylation sites is 1. The van der Waals surface area contributed by atoms with Crippen LogP contribution in [0.1, 0.15) is 32.6 Å². The van der Waals surface area contributed by atoms with Crippen molar-refractivity contribution >= 4 is 10.9 Å². The van der Waals surface area contributed by atoms with Gasteiger partial charge in [-0.15, -0.1) is 10.2 Å². The van der Waals surface area contributed by atoms with E-state index in [-0.39, 0.29) is 5.92 Å². The van der Waals surface area contributed by atoms with E-state index >= 15 is 0 Å². The fraction of sp³-hybridized carbons (Fsp3) is 0.412. The molecule has 3 rings (SSSR count). The average Bonchev–Trinajstić information content (AvgIpc) is 3.12. The quantitative estimate of drug-likeness (QED) is 0.649. The molecule has 5 nitrogen and oxygen atoms in total. The molecule has 0 atom stereocenters. The summed E-state index contributed by atoms with van der Waals surface area (Å²) < 4.78 is 13.5. The maximum absolute atomic E-state index is 5.82. The van der Waals surface area contributed by atoms with Crippen LogP contribution in [0.15, 0.2) is 34.7 Å². The molecule has 0 amide bonds. The SMILES string of the molecule is CCOCCn1c(-c2nnc(C(C)C)o2)cc2ccccc21. The molecule has 22 heavy (non-hydrogen) atoms. The van der Waals surface area contributed by atoms with Crippen molar-refractivity contribution in [2.75, 3.05) is 13.2 Å². The summed E-state index contributed by atoms with van der Waals surface area (Å²) in [7, 11) is 0. The summed E-state index contributed by atoms with van der Waals surface area (Å²) in [4.78, 5) is 0. The van der Waals surface area contributed by atoms with E-state index < -0.39 is 0 Å². The van der Waals surface area contributed by atoms with Crippen LogP contribution in [0.3, 0.4) is 0 Å². The standard InChI is InChI=1S/C17H21N3O2/c1-4-21-10-9-20-14-8-6-5-7-13(14)11-15(20)17-19-18-16(22-17)12(2)3/h5-8,11-12H,4,9-10H2,1-3H3. The Hall–Kier alpha value is -2.14. The lowest BCUT2D eigenvalue weighted by molar-refractivity contribution is 0.140. The van der Waals surface area contributed by atoms with Crippen molar-refractivity contribution in [2.24, 2.45) is 0 Å². The predicted octanol–water partition coefficient (Wildman–Crippen LogP) is 3.85. The van der Waals surface area contributed by atoms with Crippen molar-refractivity contribution in [1.29, 1.82) is 0 Å². The molecule has 0 radical (unpaired) electrons. The van der Waals surface area contributed by atoms with Crippen LogP contribution in [0.2, 0.25) is 0 Å². The molecule has 2 heterocycles. The van der Waals surface area contributed by atoms with Crippen molar-refractivity contribution in [3.05, 3.63) is 36.2 Å². The second-order valence-corrected chi connectivity index (χ2v) is 5.54. The van der Waals surface area contributed by atoms with Gasteiger partial charge in [0.2, 0.25) is 5.89 Å². The lowest BCUT2D eigenvalue weighted by atomic mass is 10.2. The molecule has 3 aromatic rings. The molecular formula is C17H21N3O2. The Labute approximate surface area is 129 Å². The summed E-state index contributed by atoms with van der Waals surface area (Å²) in [6.45, 7) is 8.22. The second kappa shape index (κ2) is 6.32. The van der Waals surface area contributed by atoms with Gasteiger partial charge in [0.15, 0.2) is 0 Å². The molecule has 116 valence electrons. The maximum Gasteiger partial charge on any atom is 0.264 e. The highest BCUT2D eigenvalue weighted by molar-refractivity contribution is 5.85. The number of hydrogen-bond acceptors (Lipinski definition) is 4. The molecule has 0 aliphatic rings. The topological polar surface area (TPSA) is 53.1 Å². The van der Waals surface area contributed by atoms with Gasteiger partial charge in [-0.3, -0.25) is 0 Å². The van der Waals surface area contributed by atoms with Crippen molar-refractivity contribution < 1.29 is 9.15 Å². The number of rotatable bonds is 6. The molecule has 5 heteroatoms. The maximum atomic E-state index is 5.82. The summed E-state index contributed by atoms with van der Waals surface area (Å²) in [5.74, 6) is 1.45.